The summed E-state index contributed by atoms with van der Waals surface area (Å²) in [5.41, 5.74) is 4.08. The molecular formula is C27H28O3. The fraction of sp³-hybridized carbons (Fsp3) is 0.222. The number of hydrogen-bond donors (Lipinski definition) is 0. The van der Waals surface area contributed by atoms with E-state index < -0.39 is 0 Å². The normalized spacial score (nSPS) is 11.5. The number of carbonyl (C=O) groups is 1. The molecule has 0 radical (unpaired) electrons. The van der Waals surface area contributed by atoms with Gasteiger partial charge < -0.3 is 9.47 Å². The summed E-state index contributed by atoms with van der Waals surface area (Å²) in [4.78, 5) is 12.4. The maximum Gasteiger partial charge on any atom is 0.343 e. The molecule has 0 bridgehead atoms. The number of rotatable bonds is 9. The number of carbonyl (C=O) groups excluding carboxylic acids is 1. The molecular weight excluding hydrogens is 372 g/mol. The zero-order valence-corrected chi connectivity index (χ0v) is 17.6. The van der Waals surface area contributed by atoms with Crippen LogP contribution in [-0.4, -0.2) is 12.6 Å². The minimum absolute atomic E-state index is 0.384. The second-order valence-electron chi connectivity index (χ2n) is 7.45. The summed E-state index contributed by atoms with van der Waals surface area (Å²) in [7, 11) is 0. The van der Waals surface area contributed by atoms with Gasteiger partial charge in [-0.2, -0.15) is 0 Å². The zero-order valence-electron chi connectivity index (χ0n) is 17.6. The Morgan fingerprint density at radius 2 is 1.47 bits per heavy atom. The van der Waals surface area contributed by atoms with Crippen molar-refractivity contribution < 1.29 is 14.3 Å². The Hall–Kier alpha value is -3.33. The van der Waals surface area contributed by atoms with Gasteiger partial charge in [0.2, 0.25) is 0 Å². The van der Waals surface area contributed by atoms with Crippen molar-refractivity contribution in [3.63, 3.8) is 0 Å². The first-order valence-corrected chi connectivity index (χ1v) is 10.3. The lowest BCUT2D eigenvalue weighted by Gasteiger charge is -2.10. The van der Waals surface area contributed by atoms with Gasteiger partial charge in [0.05, 0.1) is 5.56 Å². The van der Waals surface area contributed by atoms with Crippen LogP contribution in [0.25, 0.3) is 11.1 Å². The third-order valence-electron chi connectivity index (χ3n) is 5.09. The maximum atomic E-state index is 12.4. The van der Waals surface area contributed by atoms with Crippen LogP contribution in [0.2, 0.25) is 0 Å². The van der Waals surface area contributed by atoms with Crippen molar-refractivity contribution in [2.24, 2.45) is 5.92 Å². The Morgan fingerprint density at radius 3 is 2.03 bits per heavy atom. The van der Waals surface area contributed by atoms with E-state index >= 15 is 0 Å². The van der Waals surface area contributed by atoms with Crippen molar-refractivity contribution in [2.75, 3.05) is 6.61 Å². The van der Waals surface area contributed by atoms with Gasteiger partial charge in [-0.15, -0.1) is 0 Å². The Morgan fingerprint density at radius 1 is 0.900 bits per heavy atom. The summed E-state index contributed by atoms with van der Waals surface area (Å²) >= 11 is 0. The van der Waals surface area contributed by atoms with E-state index in [-0.39, 0.29) is 5.97 Å². The molecule has 0 fully saturated rings. The fourth-order valence-corrected chi connectivity index (χ4v) is 3.10. The largest absolute Gasteiger partial charge is 0.490 e. The van der Waals surface area contributed by atoms with Crippen molar-refractivity contribution in [1.29, 1.82) is 0 Å². The monoisotopic (exact) mass is 400 g/mol. The second kappa shape index (κ2) is 10.4. The Bertz CT molecular complexity index is 954. The highest BCUT2D eigenvalue weighted by Crippen LogP contribution is 2.23. The first-order chi connectivity index (χ1) is 14.6. The molecule has 0 amide bonds. The van der Waals surface area contributed by atoms with Gasteiger partial charge >= 0.3 is 5.97 Å². The zero-order chi connectivity index (χ0) is 21.3. The quantitative estimate of drug-likeness (QED) is 0.227. The molecule has 3 aromatic rings. The molecule has 0 spiro atoms. The molecule has 0 aromatic heterocycles. The standard InChI is InChI=1S/C27H28O3/c1-4-18-29-25-14-16-26(17-15-25)30-27(28)24-12-10-23(11-13-24)22-8-6-21(7-9-22)19-20(3)5-2/h4,6-17,20H,1,5,18-19H2,2-3H3. The molecule has 0 aliphatic carbocycles. The van der Waals surface area contributed by atoms with Crippen LogP contribution >= 0.6 is 0 Å². The predicted octanol–water partition coefficient (Wildman–Crippen LogP) is 6.73. The van der Waals surface area contributed by atoms with Crippen LogP contribution in [0.5, 0.6) is 11.5 Å². The van der Waals surface area contributed by atoms with E-state index in [1.807, 2.05) is 12.1 Å². The second-order valence-corrected chi connectivity index (χ2v) is 7.45. The average molecular weight is 401 g/mol. The first kappa shape index (κ1) is 21.4. The van der Waals surface area contributed by atoms with E-state index in [0.717, 1.165) is 17.5 Å². The molecule has 1 unspecified atom stereocenters. The SMILES string of the molecule is C=CCOc1ccc(OC(=O)c2ccc(-c3ccc(CC(C)CC)cc3)cc2)cc1. The molecule has 0 aliphatic heterocycles. The summed E-state index contributed by atoms with van der Waals surface area (Å²) in [6, 6.07) is 23.1. The molecule has 0 aliphatic rings. The van der Waals surface area contributed by atoms with Gasteiger partial charge in [0.1, 0.15) is 18.1 Å². The van der Waals surface area contributed by atoms with E-state index in [9.17, 15) is 4.79 Å². The van der Waals surface area contributed by atoms with E-state index in [1.54, 1.807) is 42.5 Å². The van der Waals surface area contributed by atoms with Crippen molar-refractivity contribution in [1.82, 2.24) is 0 Å². The van der Waals surface area contributed by atoms with Crippen LogP contribution in [0.15, 0.2) is 85.5 Å². The Kier molecular flexibility index (Phi) is 7.45. The van der Waals surface area contributed by atoms with E-state index in [4.69, 9.17) is 9.47 Å². The van der Waals surface area contributed by atoms with Crippen LogP contribution in [0.4, 0.5) is 0 Å². The molecule has 0 saturated carbocycles. The lowest BCUT2D eigenvalue weighted by molar-refractivity contribution is 0.0734. The van der Waals surface area contributed by atoms with Gasteiger partial charge in [0.15, 0.2) is 0 Å². The van der Waals surface area contributed by atoms with Crippen molar-refractivity contribution >= 4 is 5.97 Å². The van der Waals surface area contributed by atoms with Crippen LogP contribution in [0, 0.1) is 5.92 Å². The van der Waals surface area contributed by atoms with E-state index in [2.05, 4.69) is 44.7 Å². The molecule has 0 heterocycles. The lowest BCUT2D eigenvalue weighted by Crippen LogP contribution is -2.08. The molecule has 0 N–H and O–H groups in total. The summed E-state index contributed by atoms with van der Waals surface area (Å²) in [6.07, 6.45) is 3.97. The first-order valence-electron chi connectivity index (χ1n) is 10.3. The minimum atomic E-state index is -0.384. The summed E-state index contributed by atoms with van der Waals surface area (Å²) < 4.78 is 10.9. The average Bonchev–Trinajstić information content (AvgIpc) is 2.79. The molecule has 3 aromatic carbocycles. The van der Waals surface area contributed by atoms with Gasteiger partial charge in [0, 0.05) is 0 Å². The van der Waals surface area contributed by atoms with Gasteiger partial charge in [-0.3, -0.25) is 0 Å². The molecule has 3 rings (SSSR count). The van der Waals surface area contributed by atoms with E-state index in [0.29, 0.717) is 29.6 Å². The number of ether oxygens (including phenoxy) is 2. The highest BCUT2D eigenvalue weighted by Gasteiger charge is 2.09. The van der Waals surface area contributed by atoms with Crippen molar-refractivity contribution in [3.8, 4) is 22.6 Å². The summed E-state index contributed by atoms with van der Waals surface area (Å²) in [6.45, 7) is 8.55. The van der Waals surface area contributed by atoms with Crippen LogP contribution in [-0.2, 0) is 6.42 Å². The number of benzene rings is 3. The third-order valence-corrected chi connectivity index (χ3v) is 5.09. The molecule has 1 atom stereocenters. The molecule has 154 valence electrons. The van der Waals surface area contributed by atoms with Crippen molar-refractivity contribution in [3.05, 3.63) is 96.6 Å². The van der Waals surface area contributed by atoms with Gasteiger partial charge in [-0.25, -0.2) is 4.79 Å². The highest BCUT2D eigenvalue weighted by molar-refractivity contribution is 5.91. The molecule has 0 saturated heterocycles. The topological polar surface area (TPSA) is 35.5 Å². The smallest absolute Gasteiger partial charge is 0.343 e. The third kappa shape index (κ3) is 5.84. The van der Waals surface area contributed by atoms with Crippen LogP contribution in [0.3, 0.4) is 0 Å². The summed E-state index contributed by atoms with van der Waals surface area (Å²) in [5.74, 6) is 1.49. The Labute approximate surface area is 179 Å². The number of hydrogen-bond acceptors (Lipinski definition) is 3. The van der Waals surface area contributed by atoms with E-state index in [1.165, 1.54) is 12.0 Å². The van der Waals surface area contributed by atoms with Gasteiger partial charge in [0.25, 0.3) is 0 Å². The van der Waals surface area contributed by atoms with Crippen LogP contribution in [0.1, 0.15) is 36.2 Å². The van der Waals surface area contributed by atoms with Crippen molar-refractivity contribution in [2.45, 2.75) is 26.7 Å². The minimum Gasteiger partial charge on any atom is -0.490 e. The molecule has 3 heteroatoms. The number of esters is 1. The van der Waals surface area contributed by atoms with Gasteiger partial charge in [-0.05, 0) is 65.4 Å². The molecule has 30 heavy (non-hydrogen) atoms. The lowest BCUT2D eigenvalue weighted by atomic mass is 9.96. The Balaban J connectivity index is 1.62. The summed E-state index contributed by atoms with van der Waals surface area (Å²) in [5, 5.41) is 0. The van der Waals surface area contributed by atoms with Gasteiger partial charge in [-0.1, -0.05) is 69.3 Å². The predicted molar refractivity (Wildman–Crippen MR) is 122 cm³/mol. The molecule has 3 nitrogen and oxygen atoms in total. The highest BCUT2D eigenvalue weighted by atomic mass is 16.5. The maximum absolute atomic E-state index is 12.4. The fourth-order valence-electron chi connectivity index (χ4n) is 3.10. The van der Waals surface area contributed by atoms with Crippen LogP contribution < -0.4 is 9.47 Å².